The molecule has 0 aliphatic rings. The third kappa shape index (κ3) is 4.93. The lowest BCUT2D eigenvalue weighted by Crippen LogP contribution is -2.11. The number of hydrogen-bond acceptors (Lipinski definition) is 4. The predicted molar refractivity (Wildman–Crippen MR) is 113 cm³/mol. The monoisotopic (exact) mass is 399 g/mol. The first-order chi connectivity index (χ1) is 13.1. The highest BCUT2D eigenvalue weighted by atomic mass is 35.5. The lowest BCUT2D eigenvalue weighted by molar-refractivity contribution is -0.116. The van der Waals surface area contributed by atoms with Crippen LogP contribution in [0.2, 0.25) is 5.02 Å². The van der Waals surface area contributed by atoms with Crippen molar-refractivity contribution in [3.8, 4) is 21.7 Å². The molecule has 3 aromatic rings. The van der Waals surface area contributed by atoms with Crippen LogP contribution < -0.4 is 5.32 Å². The van der Waals surface area contributed by atoms with Crippen LogP contribution in [0.1, 0.15) is 38.1 Å². The number of halogens is 1. The molecule has 0 spiro atoms. The van der Waals surface area contributed by atoms with E-state index in [1.807, 2.05) is 36.4 Å². The van der Waals surface area contributed by atoms with E-state index in [4.69, 9.17) is 16.6 Å². The van der Waals surface area contributed by atoms with Crippen molar-refractivity contribution in [3.63, 3.8) is 0 Å². The van der Waals surface area contributed by atoms with Gasteiger partial charge in [-0.25, -0.2) is 9.97 Å². The van der Waals surface area contributed by atoms with Gasteiger partial charge in [0, 0.05) is 23.2 Å². The molecule has 0 atom stereocenters. The average molecular weight is 400 g/mol. The second kappa shape index (κ2) is 9.11. The second-order valence-corrected chi connectivity index (χ2v) is 7.75. The number of nitrogens with zero attached hydrogens (tertiary/aromatic N) is 2. The number of benzene rings is 1. The third-order valence-corrected chi connectivity index (χ3v) is 5.60. The molecular weight excluding hydrogens is 378 g/mol. The van der Waals surface area contributed by atoms with Gasteiger partial charge < -0.3 is 5.32 Å². The van der Waals surface area contributed by atoms with E-state index in [1.54, 1.807) is 17.5 Å². The number of pyridine rings is 1. The van der Waals surface area contributed by atoms with Gasteiger partial charge in [-0.1, -0.05) is 44.0 Å². The van der Waals surface area contributed by atoms with Gasteiger partial charge in [-0.2, -0.15) is 0 Å². The highest BCUT2D eigenvalue weighted by Gasteiger charge is 2.15. The summed E-state index contributed by atoms with van der Waals surface area (Å²) in [7, 11) is 0. The van der Waals surface area contributed by atoms with Gasteiger partial charge in [-0.3, -0.25) is 4.79 Å². The molecule has 2 heterocycles. The molecule has 0 radical (unpaired) electrons. The SMILES string of the molecule is CCCCC(=O)Nc1cc(-c2sc(CC)nc2-c2cccc(Cl)c2)ccn1. The Labute approximate surface area is 168 Å². The van der Waals surface area contributed by atoms with Crippen LogP contribution in [-0.4, -0.2) is 15.9 Å². The third-order valence-electron chi connectivity index (χ3n) is 4.12. The van der Waals surface area contributed by atoms with Crippen molar-refractivity contribution in [2.45, 2.75) is 39.5 Å². The van der Waals surface area contributed by atoms with E-state index in [0.717, 1.165) is 46.0 Å². The molecule has 0 saturated heterocycles. The summed E-state index contributed by atoms with van der Waals surface area (Å²) in [5.41, 5.74) is 2.88. The summed E-state index contributed by atoms with van der Waals surface area (Å²) in [5, 5.41) is 4.63. The summed E-state index contributed by atoms with van der Waals surface area (Å²) >= 11 is 7.84. The Morgan fingerprint density at radius 1 is 1.19 bits per heavy atom. The van der Waals surface area contributed by atoms with Crippen LogP contribution >= 0.6 is 22.9 Å². The van der Waals surface area contributed by atoms with E-state index in [1.165, 1.54) is 0 Å². The molecule has 3 rings (SSSR count). The minimum absolute atomic E-state index is 0.00452. The standard InChI is InChI=1S/C21H22ClN3OS/c1-3-5-9-18(26)24-17-13-15(10-11-23-17)21-20(25-19(4-2)27-21)14-7-6-8-16(22)12-14/h6-8,10-13H,3-5,9H2,1-2H3,(H,23,24,26). The van der Waals surface area contributed by atoms with Gasteiger partial charge in [0.25, 0.3) is 0 Å². The number of unbranched alkanes of at least 4 members (excludes halogenated alkanes) is 1. The van der Waals surface area contributed by atoms with Crippen molar-refractivity contribution in [1.82, 2.24) is 9.97 Å². The molecule has 1 N–H and O–H groups in total. The minimum Gasteiger partial charge on any atom is -0.311 e. The molecule has 1 amide bonds. The van der Waals surface area contributed by atoms with Crippen molar-refractivity contribution in [2.75, 3.05) is 5.32 Å². The zero-order valence-electron chi connectivity index (χ0n) is 15.5. The maximum absolute atomic E-state index is 12.0. The fourth-order valence-corrected chi connectivity index (χ4v) is 3.94. The number of amides is 1. The van der Waals surface area contributed by atoms with Gasteiger partial charge in [0.15, 0.2) is 0 Å². The highest BCUT2D eigenvalue weighted by molar-refractivity contribution is 7.15. The summed E-state index contributed by atoms with van der Waals surface area (Å²) in [4.78, 5) is 22.2. The van der Waals surface area contributed by atoms with Gasteiger partial charge in [-0.05, 0) is 42.7 Å². The van der Waals surface area contributed by atoms with Crippen LogP contribution in [0, 0.1) is 0 Å². The lowest BCUT2D eigenvalue weighted by atomic mass is 10.1. The molecule has 4 nitrogen and oxygen atoms in total. The van der Waals surface area contributed by atoms with E-state index < -0.39 is 0 Å². The first-order valence-corrected chi connectivity index (χ1v) is 10.3. The largest absolute Gasteiger partial charge is 0.311 e. The summed E-state index contributed by atoms with van der Waals surface area (Å²) in [6.07, 6.45) is 4.96. The summed E-state index contributed by atoms with van der Waals surface area (Å²) in [5.74, 6) is 0.562. The number of anilines is 1. The predicted octanol–water partition coefficient (Wildman–Crippen LogP) is 6.22. The second-order valence-electron chi connectivity index (χ2n) is 6.23. The molecule has 0 bridgehead atoms. The van der Waals surface area contributed by atoms with Crippen LogP contribution in [-0.2, 0) is 11.2 Å². The van der Waals surface area contributed by atoms with E-state index in [0.29, 0.717) is 17.3 Å². The summed E-state index contributed by atoms with van der Waals surface area (Å²) in [6.45, 7) is 4.16. The van der Waals surface area contributed by atoms with Gasteiger partial charge >= 0.3 is 0 Å². The number of aryl methyl sites for hydroxylation is 1. The number of aromatic nitrogens is 2. The lowest BCUT2D eigenvalue weighted by Gasteiger charge is -2.07. The van der Waals surface area contributed by atoms with Crippen LogP contribution in [0.3, 0.4) is 0 Å². The molecule has 0 saturated carbocycles. The smallest absolute Gasteiger partial charge is 0.225 e. The number of rotatable bonds is 7. The molecule has 27 heavy (non-hydrogen) atoms. The van der Waals surface area contributed by atoms with Gasteiger partial charge in [-0.15, -0.1) is 11.3 Å². The first-order valence-electron chi connectivity index (χ1n) is 9.12. The fraction of sp³-hybridized carbons (Fsp3) is 0.286. The van der Waals surface area contributed by atoms with E-state index in [-0.39, 0.29) is 5.91 Å². The number of nitrogens with one attached hydrogen (secondary N) is 1. The van der Waals surface area contributed by atoms with Gasteiger partial charge in [0.1, 0.15) is 5.82 Å². The Balaban J connectivity index is 1.95. The summed E-state index contributed by atoms with van der Waals surface area (Å²) in [6, 6.07) is 11.6. The summed E-state index contributed by atoms with van der Waals surface area (Å²) < 4.78 is 0. The molecule has 2 aromatic heterocycles. The van der Waals surface area contributed by atoms with Crippen molar-refractivity contribution in [3.05, 3.63) is 52.6 Å². The molecule has 1 aromatic carbocycles. The highest BCUT2D eigenvalue weighted by Crippen LogP contribution is 2.38. The normalized spacial score (nSPS) is 10.8. The Morgan fingerprint density at radius 3 is 2.78 bits per heavy atom. The van der Waals surface area contributed by atoms with E-state index >= 15 is 0 Å². The maximum atomic E-state index is 12.0. The van der Waals surface area contributed by atoms with Crippen molar-refractivity contribution in [1.29, 1.82) is 0 Å². The molecule has 0 unspecified atom stereocenters. The molecule has 0 aliphatic carbocycles. The molecule has 6 heteroatoms. The topological polar surface area (TPSA) is 54.9 Å². The Hall–Kier alpha value is -2.24. The Morgan fingerprint density at radius 2 is 2.04 bits per heavy atom. The number of carbonyl (C=O) groups is 1. The molecule has 0 fully saturated rings. The van der Waals surface area contributed by atoms with Crippen LogP contribution in [0.4, 0.5) is 5.82 Å². The zero-order chi connectivity index (χ0) is 19.2. The zero-order valence-corrected chi connectivity index (χ0v) is 17.0. The molecule has 0 aliphatic heterocycles. The molecular formula is C21H22ClN3OS. The quantitative estimate of drug-likeness (QED) is 0.513. The van der Waals surface area contributed by atoms with Gasteiger partial charge in [0.2, 0.25) is 5.91 Å². The fourth-order valence-electron chi connectivity index (χ4n) is 2.73. The average Bonchev–Trinajstić information content (AvgIpc) is 3.11. The van der Waals surface area contributed by atoms with Gasteiger partial charge in [0.05, 0.1) is 15.6 Å². The van der Waals surface area contributed by atoms with E-state index in [2.05, 4.69) is 24.1 Å². The maximum Gasteiger partial charge on any atom is 0.225 e. The first kappa shape index (κ1) is 19.5. The van der Waals surface area contributed by atoms with E-state index in [9.17, 15) is 4.79 Å². The Bertz CT molecular complexity index is 939. The minimum atomic E-state index is -0.00452. The van der Waals surface area contributed by atoms with Crippen molar-refractivity contribution < 1.29 is 4.79 Å². The Kier molecular flexibility index (Phi) is 6.58. The number of thiazole rings is 1. The number of hydrogen-bond donors (Lipinski definition) is 1. The van der Waals surface area contributed by atoms with Crippen LogP contribution in [0.25, 0.3) is 21.7 Å². The van der Waals surface area contributed by atoms with Crippen LogP contribution in [0.15, 0.2) is 42.6 Å². The van der Waals surface area contributed by atoms with Crippen molar-refractivity contribution >= 4 is 34.7 Å². The van der Waals surface area contributed by atoms with Crippen LogP contribution in [0.5, 0.6) is 0 Å². The van der Waals surface area contributed by atoms with Crippen molar-refractivity contribution in [2.24, 2.45) is 0 Å². The molecule has 140 valence electrons. The number of carbonyl (C=O) groups excluding carboxylic acids is 1.